The number of hydrogen-bond donors (Lipinski definition) is 3. The highest BCUT2D eigenvalue weighted by Gasteiger charge is 2.19. The zero-order valence-corrected chi connectivity index (χ0v) is 15.8. The molecule has 6 nitrogen and oxygen atoms in total. The predicted octanol–water partition coefficient (Wildman–Crippen LogP) is 3.63. The van der Waals surface area contributed by atoms with E-state index in [2.05, 4.69) is 10.6 Å². The normalized spacial score (nSPS) is 11.6. The highest BCUT2D eigenvalue weighted by molar-refractivity contribution is 5.99. The van der Waals surface area contributed by atoms with E-state index in [4.69, 9.17) is 5.11 Å². The third-order valence-corrected chi connectivity index (χ3v) is 4.22. The van der Waals surface area contributed by atoms with Crippen LogP contribution < -0.4 is 15.5 Å². The van der Waals surface area contributed by atoms with Crippen molar-refractivity contribution in [2.45, 2.75) is 26.8 Å². The van der Waals surface area contributed by atoms with Crippen LogP contribution in [-0.4, -0.2) is 37.2 Å². The average Bonchev–Trinajstić information content (AvgIpc) is 2.55. The fourth-order valence-electron chi connectivity index (χ4n) is 2.87. The van der Waals surface area contributed by atoms with Crippen LogP contribution in [0, 0.1) is 13.8 Å². The third-order valence-electron chi connectivity index (χ3n) is 4.22. The van der Waals surface area contributed by atoms with E-state index in [1.165, 1.54) is 6.92 Å². The van der Waals surface area contributed by atoms with Crippen LogP contribution in [0.1, 0.15) is 18.1 Å². The number of aryl methyl sites for hydroxylation is 2. The monoisotopic (exact) mass is 355 g/mol. The van der Waals surface area contributed by atoms with E-state index in [0.717, 1.165) is 27.9 Å². The Labute approximate surface area is 153 Å². The van der Waals surface area contributed by atoms with E-state index in [1.807, 2.05) is 69.2 Å². The maximum absolute atomic E-state index is 12.2. The van der Waals surface area contributed by atoms with Crippen molar-refractivity contribution in [1.29, 1.82) is 0 Å². The summed E-state index contributed by atoms with van der Waals surface area (Å²) in [6.45, 7) is 5.44. The molecule has 0 saturated carbocycles. The number of amides is 2. The Morgan fingerprint density at radius 1 is 1.00 bits per heavy atom. The molecule has 0 fully saturated rings. The molecular formula is C20H25N3O3. The van der Waals surface area contributed by atoms with Crippen molar-refractivity contribution < 1.29 is 14.7 Å². The second kappa shape index (κ2) is 7.91. The standard InChI is InChI=1S/C20H25N3O3/c1-12-8-6-10-15(22-20(26)21-14(3)19(24)25)17(12)18-13(2)9-7-11-16(18)23(4)5/h6-11,14H,1-5H3,(H,24,25)(H2,21,22,26). The second-order valence-electron chi connectivity index (χ2n) is 6.52. The molecule has 0 aromatic heterocycles. The van der Waals surface area contributed by atoms with Gasteiger partial charge in [0.05, 0.1) is 5.69 Å². The Hall–Kier alpha value is -3.02. The summed E-state index contributed by atoms with van der Waals surface area (Å²) in [5, 5.41) is 14.2. The maximum atomic E-state index is 12.2. The number of aliphatic carboxylic acids is 1. The molecule has 138 valence electrons. The number of urea groups is 1. The van der Waals surface area contributed by atoms with E-state index in [-0.39, 0.29) is 0 Å². The van der Waals surface area contributed by atoms with Crippen LogP contribution in [0.3, 0.4) is 0 Å². The van der Waals surface area contributed by atoms with Gasteiger partial charge >= 0.3 is 12.0 Å². The smallest absolute Gasteiger partial charge is 0.325 e. The number of nitrogens with zero attached hydrogens (tertiary/aromatic N) is 1. The quantitative estimate of drug-likeness (QED) is 0.765. The minimum absolute atomic E-state index is 0.549. The Bertz CT molecular complexity index is 831. The Morgan fingerprint density at radius 3 is 2.15 bits per heavy atom. The van der Waals surface area contributed by atoms with E-state index in [0.29, 0.717) is 5.69 Å². The molecule has 0 radical (unpaired) electrons. The number of hydrogen-bond acceptors (Lipinski definition) is 3. The largest absolute Gasteiger partial charge is 0.480 e. The molecule has 3 N–H and O–H groups in total. The lowest BCUT2D eigenvalue weighted by Gasteiger charge is -2.23. The first-order chi connectivity index (χ1) is 12.2. The van der Waals surface area contributed by atoms with Crippen molar-refractivity contribution in [1.82, 2.24) is 5.32 Å². The number of carbonyl (C=O) groups is 2. The minimum atomic E-state index is -1.08. The van der Waals surface area contributed by atoms with Crippen molar-refractivity contribution in [2.75, 3.05) is 24.3 Å². The fraction of sp³-hybridized carbons (Fsp3) is 0.300. The molecule has 0 bridgehead atoms. The summed E-state index contributed by atoms with van der Waals surface area (Å²) in [7, 11) is 3.95. The summed E-state index contributed by atoms with van der Waals surface area (Å²) in [6, 6.07) is 10.2. The van der Waals surface area contributed by atoms with Gasteiger partial charge < -0.3 is 20.6 Å². The van der Waals surface area contributed by atoms with Gasteiger partial charge in [-0.25, -0.2) is 4.79 Å². The average molecular weight is 355 g/mol. The number of anilines is 2. The molecule has 0 heterocycles. The van der Waals surface area contributed by atoms with Crippen LogP contribution in [0.2, 0.25) is 0 Å². The van der Waals surface area contributed by atoms with E-state index in [9.17, 15) is 9.59 Å². The number of carboxylic acid groups (broad SMARTS) is 1. The van der Waals surface area contributed by atoms with Gasteiger partial charge in [-0.1, -0.05) is 24.3 Å². The predicted molar refractivity (Wildman–Crippen MR) is 105 cm³/mol. The number of nitrogens with one attached hydrogen (secondary N) is 2. The molecule has 26 heavy (non-hydrogen) atoms. The lowest BCUT2D eigenvalue weighted by Crippen LogP contribution is -2.40. The zero-order valence-electron chi connectivity index (χ0n) is 15.8. The zero-order chi connectivity index (χ0) is 19.4. The Balaban J connectivity index is 2.50. The number of benzene rings is 2. The molecule has 1 unspecified atom stereocenters. The minimum Gasteiger partial charge on any atom is -0.480 e. The topological polar surface area (TPSA) is 81.7 Å². The van der Waals surface area contributed by atoms with Gasteiger partial charge in [0.1, 0.15) is 6.04 Å². The summed E-state index contributed by atoms with van der Waals surface area (Å²) in [5.41, 5.74) is 5.75. The summed E-state index contributed by atoms with van der Waals surface area (Å²) >= 11 is 0. The van der Waals surface area contributed by atoms with Crippen LogP contribution in [0.4, 0.5) is 16.2 Å². The summed E-state index contributed by atoms with van der Waals surface area (Å²) in [4.78, 5) is 25.2. The van der Waals surface area contributed by atoms with Crippen molar-refractivity contribution in [3.05, 3.63) is 47.5 Å². The van der Waals surface area contributed by atoms with E-state index >= 15 is 0 Å². The molecule has 2 aromatic carbocycles. The Morgan fingerprint density at radius 2 is 1.58 bits per heavy atom. The molecule has 0 aliphatic rings. The first-order valence-corrected chi connectivity index (χ1v) is 8.39. The van der Waals surface area contributed by atoms with Gasteiger partial charge in [-0.2, -0.15) is 0 Å². The first kappa shape index (κ1) is 19.3. The second-order valence-corrected chi connectivity index (χ2v) is 6.52. The van der Waals surface area contributed by atoms with Gasteiger partial charge in [0.25, 0.3) is 0 Å². The molecule has 0 spiro atoms. The van der Waals surface area contributed by atoms with E-state index in [1.54, 1.807) is 0 Å². The molecule has 2 aromatic rings. The van der Waals surface area contributed by atoms with Gasteiger partial charge in [0, 0.05) is 30.9 Å². The van der Waals surface area contributed by atoms with Gasteiger partial charge in [0.15, 0.2) is 0 Å². The van der Waals surface area contributed by atoms with Crippen LogP contribution in [-0.2, 0) is 4.79 Å². The lowest BCUT2D eigenvalue weighted by molar-refractivity contribution is -0.138. The number of rotatable bonds is 5. The summed E-state index contributed by atoms with van der Waals surface area (Å²) < 4.78 is 0. The molecule has 2 rings (SSSR count). The highest BCUT2D eigenvalue weighted by atomic mass is 16.4. The molecule has 1 atom stereocenters. The van der Waals surface area contributed by atoms with Gasteiger partial charge in [-0.15, -0.1) is 0 Å². The highest BCUT2D eigenvalue weighted by Crippen LogP contribution is 2.39. The molecule has 6 heteroatoms. The fourth-order valence-corrected chi connectivity index (χ4v) is 2.87. The first-order valence-electron chi connectivity index (χ1n) is 8.39. The van der Waals surface area contributed by atoms with Crippen LogP contribution in [0.15, 0.2) is 36.4 Å². The Kier molecular flexibility index (Phi) is 5.87. The molecular weight excluding hydrogens is 330 g/mol. The van der Waals surface area contributed by atoms with E-state index < -0.39 is 18.0 Å². The third kappa shape index (κ3) is 4.14. The van der Waals surface area contributed by atoms with Crippen molar-refractivity contribution in [2.24, 2.45) is 0 Å². The summed E-state index contributed by atoms with van der Waals surface area (Å²) in [5.74, 6) is -1.08. The van der Waals surface area contributed by atoms with Crippen molar-refractivity contribution in [3.8, 4) is 11.1 Å². The number of carboxylic acids is 1. The van der Waals surface area contributed by atoms with Crippen molar-refractivity contribution in [3.63, 3.8) is 0 Å². The molecule has 2 amide bonds. The van der Waals surface area contributed by atoms with Crippen molar-refractivity contribution >= 4 is 23.4 Å². The molecule has 0 saturated heterocycles. The molecule has 0 aliphatic carbocycles. The van der Waals surface area contributed by atoms with Crippen LogP contribution in [0.5, 0.6) is 0 Å². The van der Waals surface area contributed by atoms with Crippen LogP contribution >= 0.6 is 0 Å². The van der Waals surface area contributed by atoms with Crippen LogP contribution in [0.25, 0.3) is 11.1 Å². The number of carbonyl (C=O) groups excluding carboxylic acids is 1. The SMILES string of the molecule is Cc1cccc(NC(=O)NC(C)C(=O)O)c1-c1c(C)cccc1N(C)C. The van der Waals surface area contributed by atoms with Gasteiger partial charge in [-0.3, -0.25) is 4.79 Å². The maximum Gasteiger partial charge on any atom is 0.325 e. The molecule has 0 aliphatic heterocycles. The van der Waals surface area contributed by atoms with Gasteiger partial charge in [0.2, 0.25) is 0 Å². The van der Waals surface area contributed by atoms with Gasteiger partial charge in [-0.05, 0) is 44.0 Å². The summed E-state index contributed by atoms with van der Waals surface area (Å²) in [6.07, 6.45) is 0. The lowest BCUT2D eigenvalue weighted by atomic mass is 9.93.